The third-order valence-corrected chi connectivity index (χ3v) is 1.83. The summed E-state index contributed by atoms with van der Waals surface area (Å²) in [6.07, 6.45) is 3.57. The monoisotopic (exact) mass is 166 g/mol. The third-order valence-electron chi connectivity index (χ3n) is 1.83. The molecule has 0 saturated carbocycles. The van der Waals surface area contributed by atoms with E-state index in [2.05, 4.69) is 5.32 Å². The van der Waals surface area contributed by atoms with Crippen LogP contribution in [0, 0.1) is 0 Å². The molecule has 1 aromatic heterocycles. The van der Waals surface area contributed by atoms with Crippen molar-refractivity contribution >= 4 is 6.09 Å². The van der Waals surface area contributed by atoms with Crippen LogP contribution in [0.15, 0.2) is 24.5 Å². The largest absolute Gasteiger partial charge is 0.442 e. The molecule has 1 fully saturated rings. The van der Waals surface area contributed by atoms with Crippen LogP contribution in [-0.4, -0.2) is 23.3 Å². The number of nitrogens with one attached hydrogen (secondary N) is 1. The minimum absolute atomic E-state index is 0.0232. The smallest absolute Gasteiger partial charge is 0.407 e. The quantitative estimate of drug-likeness (QED) is 0.699. The Labute approximate surface area is 70.1 Å². The van der Waals surface area contributed by atoms with Crippen molar-refractivity contribution in [1.82, 2.24) is 9.88 Å². The summed E-state index contributed by atoms with van der Waals surface area (Å²) in [7, 11) is 0. The Morgan fingerprint density at radius 3 is 2.92 bits per heavy atom. The van der Waals surface area contributed by atoms with Crippen LogP contribution in [0.3, 0.4) is 0 Å². The molecule has 1 amide bonds. The molecule has 1 saturated heterocycles. The summed E-state index contributed by atoms with van der Waals surface area (Å²) in [4.78, 5) is 10.6. The molecule has 0 radical (unpaired) electrons. The fourth-order valence-corrected chi connectivity index (χ4v) is 1.26. The maximum atomic E-state index is 10.6. The minimum Gasteiger partial charge on any atom is -0.442 e. The van der Waals surface area contributed by atoms with Crippen LogP contribution < -0.4 is 5.32 Å². The van der Waals surface area contributed by atoms with Crippen molar-refractivity contribution in [2.24, 2.45) is 0 Å². The summed E-state index contributed by atoms with van der Waals surface area (Å²) in [5.74, 6) is 0. The number of alkyl carbamates (subject to hydrolysis) is 1. The van der Waals surface area contributed by atoms with Gasteiger partial charge in [0, 0.05) is 12.4 Å². The summed E-state index contributed by atoms with van der Waals surface area (Å²) in [5, 5.41) is 2.61. The van der Waals surface area contributed by atoms with Crippen molar-refractivity contribution in [3.63, 3.8) is 0 Å². The number of carbonyl (C=O) groups excluding carboxylic acids is 1. The highest BCUT2D eigenvalue weighted by Gasteiger charge is 2.21. The molecular formula is C8H10N2O2. The molecule has 1 N–H and O–H groups in total. The number of aromatic nitrogens is 1. The maximum absolute atomic E-state index is 10.6. The first kappa shape index (κ1) is 7.21. The lowest BCUT2D eigenvalue weighted by molar-refractivity contribution is 0.131. The number of amides is 1. The van der Waals surface area contributed by atoms with Gasteiger partial charge < -0.3 is 14.6 Å². The SMILES string of the molecule is O=C1NCC(Cn2cccc2)O1. The van der Waals surface area contributed by atoms with E-state index in [0.717, 1.165) is 6.54 Å². The van der Waals surface area contributed by atoms with Gasteiger partial charge in [-0.2, -0.15) is 0 Å². The molecule has 12 heavy (non-hydrogen) atoms. The summed E-state index contributed by atoms with van der Waals surface area (Å²) in [5.41, 5.74) is 0. The first-order valence-corrected chi connectivity index (χ1v) is 3.90. The molecule has 0 bridgehead atoms. The normalized spacial score (nSPS) is 22.0. The molecule has 4 nitrogen and oxygen atoms in total. The molecule has 1 aromatic rings. The highest BCUT2D eigenvalue weighted by Crippen LogP contribution is 2.03. The van der Waals surface area contributed by atoms with Crippen molar-refractivity contribution in [2.45, 2.75) is 12.6 Å². The molecule has 2 rings (SSSR count). The van der Waals surface area contributed by atoms with Gasteiger partial charge in [0.25, 0.3) is 0 Å². The molecule has 0 aliphatic carbocycles. The second-order valence-corrected chi connectivity index (χ2v) is 2.79. The van der Waals surface area contributed by atoms with Crippen molar-refractivity contribution in [2.75, 3.05) is 6.54 Å². The zero-order valence-corrected chi connectivity index (χ0v) is 6.56. The predicted molar refractivity (Wildman–Crippen MR) is 42.7 cm³/mol. The van der Waals surface area contributed by atoms with E-state index in [-0.39, 0.29) is 12.2 Å². The zero-order valence-electron chi connectivity index (χ0n) is 6.56. The third kappa shape index (κ3) is 1.42. The summed E-state index contributed by atoms with van der Waals surface area (Å²) >= 11 is 0. The molecular weight excluding hydrogens is 156 g/mol. The van der Waals surface area contributed by atoms with Crippen LogP contribution in [0.2, 0.25) is 0 Å². The van der Waals surface area contributed by atoms with Gasteiger partial charge in [-0.15, -0.1) is 0 Å². The van der Waals surface area contributed by atoms with E-state index in [1.54, 1.807) is 0 Å². The van der Waals surface area contributed by atoms with Crippen molar-refractivity contribution < 1.29 is 9.53 Å². The van der Waals surface area contributed by atoms with Crippen LogP contribution >= 0.6 is 0 Å². The number of rotatable bonds is 2. The van der Waals surface area contributed by atoms with Crippen LogP contribution in [0.1, 0.15) is 0 Å². The predicted octanol–water partition coefficient (Wildman–Crippen LogP) is 0.597. The van der Waals surface area contributed by atoms with Gasteiger partial charge in [0.15, 0.2) is 0 Å². The van der Waals surface area contributed by atoms with Crippen molar-refractivity contribution in [1.29, 1.82) is 0 Å². The van der Waals surface area contributed by atoms with Crippen LogP contribution in [0.4, 0.5) is 4.79 Å². The molecule has 64 valence electrons. The van der Waals surface area contributed by atoms with Crippen LogP contribution in [0.25, 0.3) is 0 Å². The Morgan fingerprint density at radius 2 is 2.33 bits per heavy atom. The molecule has 1 unspecified atom stereocenters. The number of hydrogen-bond acceptors (Lipinski definition) is 2. The maximum Gasteiger partial charge on any atom is 0.407 e. The van der Waals surface area contributed by atoms with Crippen molar-refractivity contribution in [3.8, 4) is 0 Å². The van der Waals surface area contributed by atoms with E-state index in [1.165, 1.54) is 0 Å². The van der Waals surface area contributed by atoms with E-state index in [9.17, 15) is 4.79 Å². The lowest BCUT2D eigenvalue weighted by Gasteiger charge is -2.07. The Hall–Kier alpha value is -1.45. The van der Waals surface area contributed by atoms with Gasteiger partial charge in [0.1, 0.15) is 6.10 Å². The van der Waals surface area contributed by atoms with Crippen molar-refractivity contribution in [3.05, 3.63) is 24.5 Å². The Morgan fingerprint density at radius 1 is 1.58 bits per heavy atom. The highest BCUT2D eigenvalue weighted by molar-refractivity contribution is 5.69. The number of cyclic esters (lactones) is 1. The molecule has 1 aliphatic heterocycles. The number of hydrogen-bond donors (Lipinski definition) is 1. The molecule has 0 aromatic carbocycles. The Balaban J connectivity index is 1.92. The average molecular weight is 166 g/mol. The molecule has 4 heteroatoms. The lowest BCUT2D eigenvalue weighted by Crippen LogP contribution is -2.19. The summed E-state index contributed by atoms with van der Waals surface area (Å²) in [6, 6.07) is 3.90. The minimum atomic E-state index is -0.313. The molecule has 0 spiro atoms. The second kappa shape index (κ2) is 2.89. The van der Waals surface area contributed by atoms with E-state index in [1.807, 2.05) is 29.1 Å². The molecule has 1 aliphatic rings. The Kier molecular flexibility index (Phi) is 1.74. The van der Waals surface area contributed by atoms with E-state index in [0.29, 0.717) is 6.54 Å². The van der Waals surface area contributed by atoms with Gasteiger partial charge in [-0.3, -0.25) is 0 Å². The van der Waals surface area contributed by atoms with Crippen LogP contribution in [0.5, 0.6) is 0 Å². The lowest BCUT2D eigenvalue weighted by atomic mass is 10.3. The first-order chi connectivity index (χ1) is 5.84. The second-order valence-electron chi connectivity index (χ2n) is 2.79. The fraction of sp³-hybridized carbons (Fsp3) is 0.375. The number of carbonyl (C=O) groups is 1. The van der Waals surface area contributed by atoms with E-state index >= 15 is 0 Å². The van der Waals surface area contributed by atoms with E-state index < -0.39 is 0 Å². The summed E-state index contributed by atoms with van der Waals surface area (Å²) in [6.45, 7) is 1.34. The Bertz CT molecular complexity index is 269. The van der Waals surface area contributed by atoms with E-state index in [4.69, 9.17) is 4.74 Å². The van der Waals surface area contributed by atoms with Gasteiger partial charge in [0.05, 0.1) is 13.1 Å². The number of ether oxygens (including phenoxy) is 1. The van der Waals surface area contributed by atoms with Gasteiger partial charge in [-0.05, 0) is 12.1 Å². The average Bonchev–Trinajstić information content (AvgIpc) is 2.63. The van der Waals surface area contributed by atoms with Crippen LogP contribution in [-0.2, 0) is 11.3 Å². The first-order valence-electron chi connectivity index (χ1n) is 3.90. The topological polar surface area (TPSA) is 43.3 Å². The number of nitrogens with zero attached hydrogens (tertiary/aromatic N) is 1. The van der Waals surface area contributed by atoms with Gasteiger partial charge >= 0.3 is 6.09 Å². The molecule has 1 atom stereocenters. The van der Waals surface area contributed by atoms with Gasteiger partial charge in [-0.1, -0.05) is 0 Å². The van der Waals surface area contributed by atoms with Gasteiger partial charge in [0.2, 0.25) is 0 Å². The highest BCUT2D eigenvalue weighted by atomic mass is 16.6. The zero-order chi connectivity index (χ0) is 8.39. The molecule has 2 heterocycles. The standard InChI is InChI=1S/C8H10N2O2/c11-8-9-5-7(12-8)6-10-3-1-2-4-10/h1-4,7H,5-6H2,(H,9,11). The van der Waals surface area contributed by atoms with Gasteiger partial charge in [-0.25, -0.2) is 4.79 Å². The fourth-order valence-electron chi connectivity index (χ4n) is 1.26. The summed E-state index contributed by atoms with van der Waals surface area (Å²) < 4.78 is 6.95.